The van der Waals surface area contributed by atoms with E-state index in [2.05, 4.69) is 9.71 Å². The number of sulfonamides is 1. The van der Waals surface area contributed by atoms with E-state index in [9.17, 15) is 13.2 Å². The van der Waals surface area contributed by atoms with Crippen molar-refractivity contribution in [3.05, 3.63) is 47.0 Å². The van der Waals surface area contributed by atoms with Crippen molar-refractivity contribution in [3.8, 4) is 5.75 Å². The van der Waals surface area contributed by atoms with Crippen LogP contribution in [0.3, 0.4) is 0 Å². The Kier molecular flexibility index (Phi) is 4.84. The predicted octanol–water partition coefficient (Wildman–Crippen LogP) is 3.04. The normalized spacial score (nSPS) is 11.5. The fourth-order valence-electron chi connectivity index (χ4n) is 2.53. The summed E-state index contributed by atoms with van der Waals surface area (Å²) in [7, 11) is -2.60. The number of fused-ring (bicyclic) bond motifs is 1. The summed E-state index contributed by atoms with van der Waals surface area (Å²) in [5.41, 5.74) is 1.57. The van der Waals surface area contributed by atoms with Crippen LogP contribution >= 0.6 is 11.3 Å². The number of carboxylic acids is 1. The number of carboxylic acid groups (broad SMARTS) is 1. The number of aliphatic carboxylic acids is 1. The van der Waals surface area contributed by atoms with E-state index >= 15 is 0 Å². The van der Waals surface area contributed by atoms with E-state index < -0.39 is 16.0 Å². The van der Waals surface area contributed by atoms with Crippen LogP contribution in [0, 0.1) is 6.92 Å². The average molecular weight is 392 g/mol. The minimum atomic E-state index is -3.96. The Bertz CT molecular complexity index is 1090. The fraction of sp³-hybridized carbons (Fsp3) is 0.176. The summed E-state index contributed by atoms with van der Waals surface area (Å²) in [5, 5.41) is 9.82. The molecule has 2 aromatic carbocycles. The SMILES string of the molecule is COc1ccc(CC(=O)O)cc1S(=O)(=O)Nc1ccc2nc(C)sc2c1. The number of benzene rings is 2. The molecule has 0 fully saturated rings. The molecule has 0 saturated carbocycles. The molecule has 0 aliphatic heterocycles. The summed E-state index contributed by atoms with van der Waals surface area (Å²) in [6, 6.07) is 9.37. The second-order valence-corrected chi connectivity index (χ2v) is 8.46. The van der Waals surface area contributed by atoms with Gasteiger partial charge in [0.2, 0.25) is 0 Å². The summed E-state index contributed by atoms with van der Waals surface area (Å²) in [6.45, 7) is 1.88. The van der Waals surface area contributed by atoms with Gasteiger partial charge in [-0.1, -0.05) is 6.07 Å². The van der Waals surface area contributed by atoms with Gasteiger partial charge in [0.05, 0.1) is 34.4 Å². The summed E-state index contributed by atoms with van der Waals surface area (Å²) in [6.07, 6.45) is -0.279. The molecule has 0 amide bonds. The Morgan fingerprint density at radius 1 is 1.27 bits per heavy atom. The number of methoxy groups -OCH3 is 1. The van der Waals surface area contributed by atoms with Crippen molar-refractivity contribution in [3.63, 3.8) is 0 Å². The van der Waals surface area contributed by atoms with Gasteiger partial charge in [-0.05, 0) is 42.8 Å². The Morgan fingerprint density at radius 3 is 2.73 bits per heavy atom. The molecule has 0 unspecified atom stereocenters. The number of carbonyl (C=O) groups is 1. The maximum Gasteiger partial charge on any atom is 0.307 e. The van der Waals surface area contributed by atoms with Crippen LogP contribution < -0.4 is 9.46 Å². The zero-order chi connectivity index (χ0) is 18.9. The molecule has 2 N–H and O–H groups in total. The first-order valence-corrected chi connectivity index (χ1v) is 9.87. The standard InChI is InChI=1S/C17H16N2O5S2/c1-10-18-13-5-4-12(9-15(13)25-10)19-26(22,23)16-7-11(8-17(20)21)3-6-14(16)24-2/h3-7,9,19H,8H2,1-2H3,(H,20,21). The summed E-state index contributed by atoms with van der Waals surface area (Å²) >= 11 is 1.47. The van der Waals surface area contributed by atoms with Crippen LogP contribution in [0.1, 0.15) is 10.6 Å². The molecule has 0 radical (unpaired) electrons. The molecular weight excluding hydrogens is 376 g/mol. The Hall–Kier alpha value is -2.65. The van der Waals surface area contributed by atoms with E-state index in [-0.39, 0.29) is 17.1 Å². The third kappa shape index (κ3) is 3.78. The predicted molar refractivity (Wildman–Crippen MR) is 99.5 cm³/mol. The van der Waals surface area contributed by atoms with E-state index in [1.807, 2.05) is 6.92 Å². The maximum atomic E-state index is 12.8. The van der Waals surface area contributed by atoms with Gasteiger partial charge >= 0.3 is 5.97 Å². The lowest BCUT2D eigenvalue weighted by atomic mass is 10.1. The van der Waals surface area contributed by atoms with Gasteiger partial charge in [-0.15, -0.1) is 11.3 Å². The van der Waals surface area contributed by atoms with Gasteiger partial charge in [0.1, 0.15) is 10.6 Å². The van der Waals surface area contributed by atoms with Crippen molar-refractivity contribution in [2.24, 2.45) is 0 Å². The Balaban J connectivity index is 1.98. The second kappa shape index (κ2) is 6.93. The molecule has 3 rings (SSSR count). The molecule has 0 spiro atoms. The van der Waals surface area contributed by atoms with Crippen molar-refractivity contribution in [1.82, 2.24) is 4.98 Å². The third-order valence-corrected chi connectivity index (χ3v) is 5.96. The number of hydrogen-bond donors (Lipinski definition) is 2. The highest BCUT2D eigenvalue weighted by Gasteiger charge is 2.21. The summed E-state index contributed by atoms with van der Waals surface area (Å²) in [4.78, 5) is 15.1. The number of nitrogens with zero attached hydrogens (tertiary/aromatic N) is 1. The molecule has 3 aromatic rings. The largest absolute Gasteiger partial charge is 0.495 e. The molecule has 0 atom stereocenters. The van der Waals surface area contributed by atoms with Crippen LogP contribution in [0.2, 0.25) is 0 Å². The first-order chi connectivity index (χ1) is 12.3. The maximum absolute atomic E-state index is 12.8. The van der Waals surface area contributed by atoms with Gasteiger partial charge in [-0.25, -0.2) is 13.4 Å². The smallest absolute Gasteiger partial charge is 0.307 e. The van der Waals surface area contributed by atoms with Crippen molar-refractivity contribution in [2.45, 2.75) is 18.2 Å². The third-order valence-electron chi connectivity index (χ3n) is 3.62. The average Bonchev–Trinajstić information content (AvgIpc) is 2.93. The second-order valence-electron chi connectivity index (χ2n) is 5.58. The van der Waals surface area contributed by atoms with Gasteiger partial charge in [0.25, 0.3) is 10.0 Å². The highest BCUT2D eigenvalue weighted by molar-refractivity contribution is 7.92. The molecule has 0 saturated heterocycles. The Morgan fingerprint density at radius 2 is 2.04 bits per heavy atom. The molecule has 9 heteroatoms. The minimum absolute atomic E-state index is 0.112. The first-order valence-electron chi connectivity index (χ1n) is 7.57. The highest BCUT2D eigenvalue weighted by atomic mass is 32.2. The quantitative estimate of drug-likeness (QED) is 0.668. The summed E-state index contributed by atoms with van der Waals surface area (Å²) in [5.74, 6) is -0.904. The number of thiazole rings is 1. The molecule has 136 valence electrons. The molecule has 0 bridgehead atoms. The molecule has 1 heterocycles. The van der Waals surface area contributed by atoms with E-state index in [1.54, 1.807) is 18.2 Å². The topological polar surface area (TPSA) is 106 Å². The minimum Gasteiger partial charge on any atom is -0.495 e. The monoisotopic (exact) mass is 392 g/mol. The molecule has 0 aliphatic carbocycles. The number of aromatic nitrogens is 1. The zero-order valence-corrected chi connectivity index (χ0v) is 15.6. The van der Waals surface area contributed by atoms with Crippen LogP contribution in [0.5, 0.6) is 5.75 Å². The van der Waals surface area contributed by atoms with Gasteiger partial charge in [-0.3, -0.25) is 9.52 Å². The number of anilines is 1. The van der Waals surface area contributed by atoms with Crippen molar-refractivity contribution >= 4 is 43.2 Å². The van der Waals surface area contributed by atoms with Gasteiger partial charge < -0.3 is 9.84 Å². The Labute approximate surface area is 154 Å². The van der Waals surface area contributed by atoms with Gasteiger partial charge in [0, 0.05) is 0 Å². The zero-order valence-electron chi connectivity index (χ0n) is 14.0. The number of rotatable bonds is 6. The van der Waals surface area contributed by atoms with Crippen molar-refractivity contribution in [1.29, 1.82) is 0 Å². The fourth-order valence-corrected chi connectivity index (χ4v) is 4.67. The van der Waals surface area contributed by atoms with E-state index in [0.717, 1.165) is 15.2 Å². The van der Waals surface area contributed by atoms with Crippen LogP contribution in [0.25, 0.3) is 10.2 Å². The van der Waals surface area contributed by atoms with Crippen LogP contribution in [0.4, 0.5) is 5.69 Å². The number of ether oxygens (including phenoxy) is 1. The number of aryl methyl sites for hydroxylation is 1. The first kappa shape index (κ1) is 18.2. The van der Waals surface area contributed by atoms with Crippen LogP contribution in [0.15, 0.2) is 41.3 Å². The van der Waals surface area contributed by atoms with Crippen LogP contribution in [-0.4, -0.2) is 31.6 Å². The molecule has 1 aromatic heterocycles. The van der Waals surface area contributed by atoms with Crippen molar-refractivity contribution in [2.75, 3.05) is 11.8 Å². The summed E-state index contributed by atoms with van der Waals surface area (Å²) < 4.78 is 34.1. The molecule has 7 nitrogen and oxygen atoms in total. The highest BCUT2D eigenvalue weighted by Crippen LogP contribution is 2.29. The van der Waals surface area contributed by atoms with E-state index in [1.165, 1.54) is 36.6 Å². The van der Waals surface area contributed by atoms with Gasteiger partial charge in [-0.2, -0.15) is 0 Å². The molecule has 0 aliphatic rings. The number of hydrogen-bond acceptors (Lipinski definition) is 6. The molecular formula is C17H16N2O5S2. The lowest BCUT2D eigenvalue weighted by Gasteiger charge is -2.13. The van der Waals surface area contributed by atoms with Crippen molar-refractivity contribution < 1.29 is 23.1 Å². The van der Waals surface area contributed by atoms with E-state index in [4.69, 9.17) is 9.84 Å². The van der Waals surface area contributed by atoms with Gasteiger partial charge in [0.15, 0.2) is 0 Å². The van der Waals surface area contributed by atoms with Crippen LogP contribution in [-0.2, 0) is 21.2 Å². The number of nitrogens with one attached hydrogen (secondary N) is 1. The lowest BCUT2D eigenvalue weighted by molar-refractivity contribution is -0.136. The lowest BCUT2D eigenvalue weighted by Crippen LogP contribution is -2.15. The molecule has 26 heavy (non-hydrogen) atoms. The van der Waals surface area contributed by atoms with E-state index in [0.29, 0.717) is 11.3 Å².